The van der Waals surface area contributed by atoms with E-state index in [1.807, 2.05) is 5.38 Å². The summed E-state index contributed by atoms with van der Waals surface area (Å²) in [5.41, 5.74) is 0.920. The van der Waals surface area contributed by atoms with Gasteiger partial charge in [-0.2, -0.15) is 4.98 Å². The van der Waals surface area contributed by atoms with Gasteiger partial charge in [0.15, 0.2) is 0 Å². The highest BCUT2D eigenvalue weighted by Crippen LogP contribution is 2.30. The molecule has 0 radical (unpaired) electrons. The van der Waals surface area contributed by atoms with Crippen LogP contribution in [-0.2, 0) is 4.74 Å². The number of thiophene rings is 1. The van der Waals surface area contributed by atoms with Crippen molar-refractivity contribution in [2.45, 2.75) is 13.0 Å². The maximum Gasteiger partial charge on any atom is 0.224 e. The Hall–Kier alpha value is -0.620. The van der Waals surface area contributed by atoms with Crippen molar-refractivity contribution in [2.24, 2.45) is 0 Å². The van der Waals surface area contributed by atoms with Gasteiger partial charge in [0.25, 0.3) is 0 Å². The third kappa shape index (κ3) is 2.40. The zero-order valence-electron chi connectivity index (χ0n) is 9.80. The van der Waals surface area contributed by atoms with Gasteiger partial charge in [-0.25, -0.2) is 4.98 Å². The molecule has 1 atom stereocenters. The van der Waals surface area contributed by atoms with Gasteiger partial charge in [-0.1, -0.05) is 0 Å². The molecule has 2 aromatic rings. The number of halogens is 2. The summed E-state index contributed by atoms with van der Waals surface area (Å²) in [6.07, 6.45) is 0. The summed E-state index contributed by atoms with van der Waals surface area (Å²) in [6.45, 7) is 4.44. The lowest BCUT2D eigenvalue weighted by atomic mass is 10.2. The Labute approximate surface area is 120 Å². The van der Waals surface area contributed by atoms with Crippen LogP contribution < -0.4 is 4.90 Å². The van der Waals surface area contributed by atoms with Gasteiger partial charge in [-0.05, 0) is 18.5 Å². The van der Waals surface area contributed by atoms with Gasteiger partial charge < -0.3 is 9.64 Å². The Morgan fingerprint density at radius 1 is 1.44 bits per heavy atom. The van der Waals surface area contributed by atoms with E-state index in [9.17, 15) is 0 Å². The summed E-state index contributed by atoms with van der Waals surface area (Å²) in [5, 5.41) is 5.46. The maximum atomic E-state index is 5.97. The minimum absolute atomic E-state index is 0. The SMILES string of the molecule is CC1COCCN1c1nc(Cl)nc2cscc12.Cl. The average Bonchev–Trinajstić information content (AvgIpc) is 2.76. The Kier molecular flexibility index (Phi) is 4.27. The van der Waals surface area contributed by atoms with Crippen LogP contribution in [-0.4, -0.2) is 35.8 Å². The van der Waals surface area contributed by atoms with Gasteiger partial charge in [-0.3, -0.25) is 0 Å². The van der Waals surface area contributed by atoms with E-state index < -0.39 is 0 Å². The summed E-state index contributed by atoms with van der Waals surface area (Å²) >= 11 is 7.59. The maximum absolute atomic E-state index is 5.97. The molecule has 1 unspecified atom stereocenters. The molecule has 0 N–H and O–H groups in total. The van der Waals surface area contributed by atoms with Gasteiger partial charge in [0.2, 0.25) is 5.28 Å². The smallest absolute Gasteiger partial charge is 0.224 e. The number of rotatable bonds is 1. The van der Waals surface area contributed by atoms with Crippen LogP contribution in [0.1, 0.15) is 6.92 Å². The van der Waals surface area contributed by atoms with Gasteiger partial charge in [0.1, 0.15) is 5.82 Å². The molecule has 0 aliphatic carbocycles. The summed E-state index contributed by atoms with van der Waals surface area (Å²) in [6, 6.07) is 0.317. The molecule has 0 bridgehead atoms. The van der Waals surface area contributed by atoms with E-state index in [2.05, 4.69) is 27.2 Å². The van der Waals surface area contributed by atoms with Crippen molar-refractivity contribution in [1.82, 2.24) is 9.97 Å². The highest BCUT2D eigenvalue weighted by atomic mass is 35.5. The van der Waals surface area contributed by atoms with Crippen LogP contribution in [0.5, 0.6) is 0 Å². The highest BCUT2D eigenvalue weighted by Gasteiger charge is 2.23. The van der Waals surface area contributed by atoms with Crippen molar-refractivity contribution in [1.29, 1.82) is 0 Å². The molecule has 0 spiro atoms. The number of anilines is 1. The number of ether oxygens (including phenoxy) is 1. The van der Waals surface area contributed by atoms with Crippen molar-refractivity contribution >= 4 is 52.1 Å². The van der Waals surface area contributed by atoms with Crippen LogP contribution in [0.3, 0.4) is 0 Å². The molecule has 3 heterocycles. The topological polar surface area (TPSA) is 38.2 Å². The lowest BCUT2D eigenvalue weighted by molar-refractivity contribution is 0.0987. The Bertz CT molecular complexity index is 548. The molecule has 0 amide bonds. The zero-order valence-corrected chi connectivity index (χ0v) is 12.2. The normalized spacial score (nSPS) is 19.9. The van der Waals surface area contributed by atoms with E-state index in [1.165, 1.54) is 0 Å². The molecule has 1 fully saturated rings. The molecule has 3 rings (SSSR count). The predicted octanol–water partition coefficient (Wildman–Crippen LogP) is 2.99. The predicted molar refractivity (Wildman–Crippen MR) is 77.3 cm³/mol. The Morgan fingerprint density at radius 2 is 2.28 bits per heavy atom. The van der Waals surface area contributed by atoms with Crippen LogP contribution in [0.15, 0.2) is 10.8 Å². The van der Waals surface area contributed by atoms with E-state index in [0.717, 1.165) is 36.5 Å². The van der Waals surface area contributed by atoms with Gasteiger partial charge >= 0.3 is 0 Å². The molecule has 98 valence electrons. The standard InChI is InChI=1S/C11H12ClN3OS.ClH/c1-7-4-16-3-2-15(7)10-8-5-17-6-9(8)13-11(12)14-10;/h5-7H,2-4H2,1H3;1H. The van der Waals surface area contributed by atoms with E-state index in [-0.39, 0.29) is 12.4 Å². The highest BCUT2D eigenvalue weighted by molar-refractivity contribution is 7.09. The second kappa shape index (κ2) is 5.57. The summed E-state index contributed by atoms with van der Waals surface area (Å²) in [4.78, 5) is 10.8. The van der Waals surface area contributed by atoms with Crippen molar-refractivity contribution in [3.05, 3.63) is 16.0 Å². The van der Waals surface area contributed by atoms with Crippen LogP contribution in [0.4, 0.5) is 5.82 Å². The molecule has 1 aliphatic rings. The molecule has 18 heavy (non-hydrogen) atoms. The quantitative estimate of drug-likeness (QED) is 0.759. The number of morpholine rings is 1. The van der Waals surface area contributed by atoms with Gasteiger partial charge in [0.05, 0.1) is 30.2 Å². The van der Waals surface area contributed by atoms with Crippen LogP contribution >= 0.6 is 35.3 Å². The largest absolute Gasteiger partial charge is 0.377 e. The summed E-state index contributed by atoms with van der Waals surface area (Å²) in [7, 11) is 0. The first-order valence-corrected chi connectivity index (χ1v) is 6.81. The minimum atomic E-state index is 0. The first-order chi connectivity index (χ1) is 8.25. The summed E-state index contributed by atoms with van der Waals surface area (Å²) in [5.74, 6) is 0.928. The molecule has 7 heteroatoms. The Morgan fingerprint density at radius 3 is 3.06 bits per heavy atom. The monoisotopic (exact) mass is 305 g/mol. The average molecular weight is 306 g/mol. The van der Waals surface area contributed by atoms with Gasteiger partial charge in [0, 0.05) is 17.3 Å². The lowest BCUT2D eigenvalue weighted by Crippen LogP contribution is -2.44. The number of fused-ring (bicyclic) bond motifs is 1. The molecular formula is C11H13Cl2N3OS. The molecule has 0 aromatic carbocycles. The van der Waals surface area contributed by atoms with E-state index in [1.54, 1.807) is 11.3 Å². The minimum Gasteiger partial charge on any atom is -0.377 e. The molecule has 1 saturated heterocycles. The van der Waals surface area contributed by atoms with Crippen molar-refractivity contribution in [3.63, 3.8) is 0 Å². The first kappa shape index (κ1) is 13.8. The van der Waals surface area contributed by atoms with Gasteiger partial charge in [-0.15, -0.1) is 23.7 Å². The molecule has 2 aromatic heterocycles. The third-order valence-electron chi connectivity index (χ3n) is 2.93. The fraction of sp³-hybridized carbons (Fsp3) is 0.455. The van der Waals surface area contributed by atoms with Crippen molar-refractivity contribution in [3.8, 4) is 0 Å². The summed E-state index contributed by atoms with van der Waals surface area (Å²) < 4.78 is 5.44. The van der Waals surface area contributed by atoms with E-state index in [0.29, 0.717) is 11.3 Å². The number of nitrogens with zero attached hydrogens (tertiary/aromatic N) is 3. The Balaban J connectivity index is 0.00000120. The molecular weight excluding hydrogens is 293 g/mol. The second-order valence-electron chi connectivity index (χ2n) is 4.10. The first-order valence-electron chi connectivity index (χ1n) is 5.49. The zero-order chi connectivity index (χ0) is 11.8. The van der Waals surface area contributed by atoms with Crippen LogP contribution in [0, 0.1) is 0 Å². The second-order valence-corrected chi connectivity index (χ2v) is 5.19. The number of hydrogen-bond acceptors (Lipinski definition) is 5. The fourth-order valence-electron chi connectivity index (χ4n) is 2.08. The van der Waals surface area contributed by atoms with Crippen molar-refractivity contribution < 1.29 is 4.74 Å². The van der Waals surface area contributed by atoms with Crippen LogP contribution in [0.25, 0.3) is 10.9 Å². The van der Waals surface area contributed by atoms with E-state index in [4.69, 9.17) is 16.3 Å². The van der Waals surface area contributed by atoms with E-state index >= 15 is 0 Å². The molecule has 0 saturated carbocycles. The number of hydrogen-bond donors (Lipinski definition) is 0. The van der Waals surface area contributed by atoms with Crippen LogP contribution in [0.2, 0.25) is 5.28 Å². The third-order valence-corrected chi connectivity index (χ3v) is 3.83. The molecule has 4 nitrogen and oxygen atoms in total. The molecule has 1 aliphatic heterocycles. The fourth-order valence-corrected chi connectivity index (χ4v) is 2.99. The van der Waals surface area contributed by atoms with Crippen molar-refractivity contribution in [2.75, 3.05) is 24.7 Å². The number of aromatic nitrogens is 2. The lowest BCUT2D eigenvalue weighted by Gasteiger charge is -2.34.